The molecular formula is C21H26N4O3. The fourth-order valence-electron chi connectivity index (χ4n) is 3.01. The summed E-state index contributed by atoms with van der Waals surface area (Å²) in [6.07, 6.45) is 1.98. The van der Waals surface area contributed by atoms with Gasteiger partial charge in [-0.05, 0) is 38.1 Å². The summed E-state index contributed by atoms with van der Waals surface area (Å²) in [5, 5.41) is 3.81. The molecule has 0 saturated heterocycles. The molecular weight excluding hydrogens is 356 g/mol. The van der Waals surface area contributed by atoms with Crippen molar-refractivity contribution in [2.75, 3.05) is 31.7 Å². The second-order valence-electron chi connectivity index (χ2n) is 6.75. The summed E-state index contributed by atoms with van der Waals surface area (Å²) in [6, 6.07) is 11.7. The maximum absolute atomic E-state index is 12.2. The summed E-state index contributed by atoms with van der Waals surface area (Å²) in [5.74, 6) is 1.95. The lowest BCUT2D eigenvalue weighted by molar-refractivity contribution is -0.121. The Morgan fingerprint density at radius 2 is 2.04 bits per heavy atom. The van der Waals surface area contributed by atoms with E-state index in [1.165, 1.54) is 0 Å². The maximum Gasteiger partial charge on any atom is 0.221 e. The van der Waals surface area contributed by atoms with Crippen molar-refractivity contribution in [3.05, 3.63) is 42.7 Å². The number of methoxy groups -OCH3 is 1. The number of hydrogen-bond acceptors (Lipinski definition) is 6. The molecule has 0 saturated carbocycles. The molecule has 1 N–H and O–H groups in total. The lowest BCUT2D eigenvalue weighted by Crippen LogP contribution is -2.36. The van der Waals surface area contributed by atoms with Gasteiger partial charge in [-0.15, -0.1) is 0 Å². The number of carbonyl (C=O) groups excluding carboxylic acids is 1. The number of benzene rings is 1. The van der Waals surface area contributed by atoms with Crippen molar-refractivity contribution in [2.24, 2.45) is 0 Å². The number of fused-ring (bicyclic) bond motifs is 1. The molecule has 148 valence electrons. The number of nitrogens with zero attached hydrogens (tertiary/aromatic N) is 3. The molecule has 2 heterocycles. The van der Waals surface area contributed by atoms with Gasteiger partial charge >= 0.3 is 0 Å². The van der Waals surface area contributed by atoms with Gasteiger partial charge in [0.05, 0.1) is 18.4 Å². The van der Waals surface area contributed by atoms with E-state index in [-0.39, 0.29) is 11.9 Å². The van der Waals surface area contributed by atoms with Gasteiger partial charge in [0.1, 0.15) is 5.82 Å². The molecule has 0 aliphatic carbocycles. The molecule has 0 bridgehead atoms. The van der Waals surface area contributed by atoms with Crippen molar-refractivity contribution in [1.29, 1.82) is 0 Å². The molecule has 0 aliphatic rings. The van der Waals surface area contributed by atoms with Gasteiger partial charge in [0.15, 0.2) is 11.6 Å². The highest BCUT2D eigenvalue weighted by molar-refractivity contribution is 5.91. The Hall–Kier alpha value is -2.93. The van der Waals surface area contributed by atoms with Crippen LogP contribution in [-0.4, -0.2) is 48.7 Å². The third kappa shape index (κ3) is 4.67. The fraction of sp³-hybridized carbons (Fsp3) is 0.381. The summed E-state index contributed by atoms with van der Waals surface area (Å²) in [6.45, 7) is 5.74. The number of hydrogen-bond donors (Lipinski definition) is 1. The van der Waals surface area contributed by atoms with E-state index in [1.807, 2.05) is 36.4 Å². The predicted octanol–water partition coefficient (Wildman–Crippen LogP) is 3.26. The lowest BCUT2D eigenvalue weighted by Gasteiger charge is -2.29. The topological polar surface area (TPSA) is 80.5 Å². The molecule has 0 radical (unpaired) electrons. The molecule has 7 nitrogen and oxygen atoms in total. The Morgan fingerprint density at radius 1 is 1.21 bits per heavy atom. The monoisotopic (exact) mass is 382 g/mol. The van der Waals surface area contributed by atoms with Crippen LogP contribution in [0.5, 0.6) is 0 Å². The maximum atomic E-state index is 12.2. The van der Waals surface area contributed by atoms with Gasteiger partial charge in [-0.1, -0.05) is 12.1 Å². The average molecular weight is 382 g/mol. The Kier molecular flexibility index (Phi) is 6.60. The van der Waals surface area contributed by atoms with E-state index >= 15 is 0 Å². The van der Waals surface area contributed by atoms with Crippen molar-refractivity contribution in [2.45, 2.75) is 26.3 Å². The number of ether oxygens (including phenoxy) is 1. The quantitative estimate of drug-likeness (QED) is 0.572. The highest BCUT2D eigenvalue weighted by Crippen LogP contribution is 2.29. The van der Waals surface area contributed by atoms with Crippen molar-refractivity contribution < 1.29 is 13.9 Å². The zero-order valence-corrected chi connectivity index (χ0v) is 16.5. The molecule has 28 heavy (non-hydrogen) atoms. The molecule has 1 amide bonds. The molecule has 3 aromatic rings. The van der Waals surface area contributed by atoms with Gasteiger partial charge in [-0.3, -0.25) is 4.79 Å². The Balaban J connectivity index is 1.90. The van der Waals surface area contributed by atoms with Crippen LogP contribution in [0.3, 0.4) is 0 Å². The standard InChI is InChI=1S/C21H26N4O3/c1-15(2)25(12-10-19(26)22-11-14-27-3)21-16-7-4-5-8-17(16)23-20(24-21)18-9-6-13-28-18/h4-9,13,15H,10-12,14H2,1-3H3,(H,22,26). The van der Waals surface area contributed by atoms with Gasteiger partial charge in [0.2, 0.25) is 5.91 Å². The summed E-state index contributed by atoms with van der Waals surface area (Å²) >= 11 is 0. The van der Waals surface area contributed by atoms with Crippen LogP contribution in [0, 0.1) is 0 Å². The van der Waals surface area contributed by atoms with Gasteiger partial charge in [-0.2, -0.15) is 0 Å². The van der Waals surface area contributed by atoms with Crippen molar-refractivity contribution in [3.63, 3.8) is 0 Å². The van der Waals surface area contributed by atoms with Crippen LogP contribution in [-0.2, 0) is 9.53 Å². The van der Waals surface area contributed by atoms with E-state index in [9.17, 15) is 4.79 Å². The predicted molar refractivity (Wildman–Crippen MR) is 109 cm³/mol. The largest absolute Gasteiger partial charge is 0.461 e. The molecule has 0 aliphatic heterocycles. The zero-order valence-electron chi connectivity index (χ0n) is 16.5. The SMILES string of the molecule is COCCNC(=O)CCN(c1nc(-c2ccco2)nc2ccccc12)C(C)C. The zero-order chi connectivity index (χ0) is 19.9. The van der Waals surface area contributed by atoms with Gasteiger partial charge in [-0.25, -0.2) is 9.97 Å². The van der Waals surface area contributed by atoms with Crippen LogP contribution in [0.1, 0.15) is 20.3 Å². The molecule has 3 rings (SSSR count). The summed E-state index contributed by atoms with van der Waals surface area (Å²) in [5.41, 5.74) is 0.842. The molecule has 0 unspecified atom stereocenters. The van der Waals surface area contributed by atoms with E-state index in [4.69, 9.17) is 14.1 Å². The number of carbonyl (C=O) groups is 1. The average Bonchev–Trinajstić information content (AvgIpc) is 3.22. The summed E-state index contributed by atoms with van der Waals surface area (Å²) < 4.78 is 10.5. The number of amides is 1. The number of anilines is 1. The third-order valence-electron chi connectivity index (χ3n) is 4.43. The Morgan fingerprint density at radius 3 is 2.75 bits per heavy atom. The molecule has 0 fully saturated rings. The van der Waals surface area contributed by atoms with Gasteiger partial charge in [0.25, 0.3) is 0 Å². The first-order valence-electron chi connectivity index (χ1n) is 9.43. The highest BCUT2D eigenvalue weighted by Gasteiger charge is 2.19. The Labute approximate surface area is 164 Å². The highest BCUT2D eigenvalue weighted by atomic mass is 16.5. The molecule has 2 aromatic heterocycles. The van der Waals surface area contributed by atoms with Crippen LogP contribution in [0.4, 0.5) is 5.82 Å². The number of para-hydroxylation sites is 1. The van der Waals surface area contributed by atoms with E-state index in [0.717, 1.165) is 16.7 Å². The van der Waals surface area contributed by atoms with E-state index in [2.05, 4.69) is 29.0 Å². The van der Waals surface area contributed by atoms with E-state index in [0.29, 0.717) is 37.7 Å². The van der Waals surface area contributed by atoms with Crippen LogP contribution < -0.4 is 10.2 Å². The molecule has 7 heteroatoms. The first kappa shape index (κ1) is 19.8. The van der Waals surface area contributed by atoms with Crippen LogP contribution >= 0.6 is 0 Å². The van der Waals surface area contributed by atoms with Crippen molar-refractivity contribution in [1.82, 2.24) is 15.3 Å². The first-order valence-corrected chi connectivity index (χ1v) is 9.43. The van der Waals surface area contributed by atoms with Crippen LogP contribution in [0.15, 0.2) is 47.1 Å². The smallest absolute Gasteiger partial charge is 0.221 e. The lowest BCUT2D eigenvalue weighted by atomic mass is 10.2. The number of rotatable bonds is 9. The minimum absolute atomic E-state index is 0.00711. The van der Waals surface area contributed by atoms with Gasteiger partial charge < -0.3 is 19.4 Å². The van der Waals surface area contributed by atoms with Crippen LogP contribution in [0.2, 0.25) is 0 Å². The van der Waals surface area contributed by atoms with Crippen molar-refractivity contribution in [3.8, 4) is 11.6 Å². The minimum Gasteiger partial charge on any atom is -0.461 e. The minimum atomic E-state index is -0.00711. The normalized spacial score (nSPS) is 11.1. The Bertz CT molecular complexity index is 909. The number of furan rings is 1. The summed E-state index contributed by atoms with van der Waals surface area (Å²) in [7, 11) is 1.61. The van der Waals surface area contributed by atoms with Crippen LogP contribution in [0.25, 0.3) is 22.5 Å². The number of nitrogens with one attached hydrogen (secondary N) is 1. The summed E-state index contributed by atoms with van der Waals surface area (Å²) in [4.78, 5) is 23.7. The first-order chi connectivity index (χ1) is 13.6. The van der Waals surface area contributed by atoms with E-state index in [1.54, 1.807) is 13.4 Å². The fourth-order valence-corrected chi connectivity index (χ4v) is 3.01. The molecule has 0 atom stereocenters. The second-order valence-corrected chi connectivity index (χ2v) is 6.75. The molecule has 1 aromatic carbocycles. The number of aromatic nitrogens is 2. The van der Waals surface area contributed by atoms with E-state index < -0.39 is 0 Å². The van der Waals surface area contributed by atoms with Crippen molar-refractivity contribution >= 4 is 22.6 Å². The third-order valence-corrected chi connectivity index (χ3v) is 4.43. The second kappa shape index (κ2) is 9.32. The molecule has 0 spiro atoms. The van der Waals surface area contributed by atoms with Gasteiger partial charge in [0, 0.05) is 38.0 Å².